The van der Waals surface area contributed by atoms with Crippen LogP contribution in [0.5, 0.6) is 0 Å². The van der Waals surface area contributed by atoms with E-state index in [9.17, 15) is 9.90 Å². The fraction of sp³-hybridized carbons (Fsp3) is 0.667. The molecule has 26 heavy (non-hydrogen) atoms. The monoisotopic (exact) mass is 368 g/mol. The van der Waals surface area contributed by atoms with Gasteiger partial charge in [0.1, 0.15) is 11.8 Å². The highest BCUT2D eigenvalue weighted by Gasteiger charge is 2.17. The molecule has 1 aliphatic carbocycles. The average Bonchev–Trinajstić information content (AvgIpc) is 2.65. The van der Waals surface area contributed by atoms with Crippen molar-refractivity contribution >= 4 is 5.97 Å². The molecule has 0 saturated carbocycles. The minimum absolute atomic E-state index is 0.310. The lowest BCUT2D eigenvalue weighted by Gasteiger charge is -2.17. The molecule has 5 nitrogen and oxygen atoms in total. The van der Waals surface area contributed by atoms with Crippen molar-refractivity contribution in [2.24, 2.45) is 11.7 Å². The van der Waals surface area contributed by atoms with Crippen LogP contribution in [0, 0.1) is 5.92 Å². The largest absolute Gasteiger partial charge is 0.510 e. The van der Waals surface area contributed by atoms with Gasteiger partial charge in [-0.2, -0.15) is 0 Å². The first-order valence-corrected chi connectivity index (χ1v) is 9.79. The van der Waals surface area contributed by atoms with Crippen LogP contribution in [0.3, 0.4) is 0 Å². The van der Waals surface area contributed by atoms with Crippen molar-refractivity contribution in [2.45, 2.75) is 78.7 Å². The first-order chi connectivity index (χ1) is 12.4. The summed E-state index contributed by atoms with van der Waals surface area (Å²) in [5.74, 6) is 0.0887. The molecule has 152 valence electrons. The van der Waals surface area contributed by atoms with E-state index in [2.05, 4.69) is 31.8 Å². The summed E-state index contributed by atoms with van der Waals surface area (Å²) >= 11 is 0. The third kappa shape index (κ3) is 11.7. The first kappa shape index (κ1) is 26.5. The van der Waals surface area contributed by atoms with Gasteiger partial charge in [0.25, 0.3) is 0 Å². The van der Waals surface area contributed by atoms with Gasteiger partial charge in [-0.25, -0.2) is 0 Å². The predicted molar refractivity (Wildman–Crippen MR) is 111 cm³/mol. The van der Waals surface area contributed by atoms with Crippen molar-refractivity contribution in [1.82, 2.24) is 5.32 Å². The van der Waals surface area contributed by atoms with Crippen LogP contribution in [-0.4, -0.2) is 29.3 Å². The van der Waals surface area contributed by atoms with E-state index < -0.39 is 12.0 Å². The summed E-state index contributed by atoms with van der Waals surface area (Å²) in [5.41, 5.74) is 7.03. The number of carbonyl (C=O) groups is 1. The fourth-order valence-corrected chi connectivity index (χ4v) is 2.64. The maximum atomic E-state index is 10.6. The molecule has 1 unspecified atom stereocenters. The lowest BCUT2D eigenvalue weighted by Crippen LogP contribution is -2.30. The van der Waals surface area contributed by atoms with Gasteiger partial charge in [0.15, 0.2) is 0 Å². The molecule has 0 aliphatic heterocycles. The van der Waals surface area contributed by atoms with Crippen LogP contribution in [-0.2, 0) is 4.79 Å². The number of aliphatic carboxylic acids is 1. The minimum Gasteiger partial charge on any atom is -0.510 e. The van der Waals surface area contributed by atoms with Gasteiger partial charge < -0.3 is 21.3 Å². The number of likely N-dealkylation sites (N-methyl/N-ethyl adjacent to an activating group) is 1. The summed E-state index contributed by atoms with van der Waals surface area (Å²) in [6.45, 7) is 12.3. The number of carboxylic acids is 1. The standard InChI is InChI=1S/C10H16N2O3.C9H18.C2H6/c1-12-8-5-6(2-3-9(8)13)4-7(11)10(14)15;1-4-7-9(6-3)8-5-2;1-2/h5,7,12-13H,2-4,11H2,1H3,(H,14,15);6,9H,3-5,7-8H2,1-2H3;1-2H3. The predicted octanol–water partition coefficient (Wildman–Crippen LogP) is 4.91. The van der Waals surface area contributed by atoms with Crippen LogP contribution in [0.1, 0.15) is 72.6 Å². The van der Waals surface area contributed by atoms with Crippen molar-refractivity contribution in [3.8, 4) is 0 Å². The molecule has 1 atom stereocenters. The molecule has 5 heteroatoms. The van der Waals surface area contributed by atoms with Crippen LogP contribution < -0.4 is 11.1 Å². The number of nitrogens with two attached hydrogens (primary N) is 1. The number of rotatable bonds is 9. The Bertz CT molecular complexity index is 450. The Morgan fingerprint density at radius 2 is 1.85 bits per heavy atom. The van der Waals surface area contributed by atoms with Crippen LogP contribution in [0.25, 0.3) is 0 Å². The van der Waals surface area contributed by atoms with Crippen LogP contribution in [0.2, 0.25) is 0 Å². The Labute approximate surface area is 160 Å². The zero-order chi connectivity index (χ0) is 20.5. The second-order valence-corrected chi connectivity index (χ2v) is 6.13. The first-order valence-electron chi connectivity index (χ1n) is 9.79. The molecule has 0 heterocycles. The topological polar surface area (TPSA) is 95.6 Å². The van der Waals surface area contributed by atoms with Gasteiger partial charge in [-0.05, 0) is 37.7 Å². The maximum Gasteiger partial charge on any atom is 0.320 e. The van der Waals surface area contributed by atoms with Gasteiger partial charge in [0.2, 0.25) is 0 Å². The summed E-state index contributed by atoms with van der Waals surface area (Å²) in [5, 5.41) is 21.0. The van der Waals surface area contributed by atoms with Gasteiger partial charge in [0.05, 0.1) is 5.70 Å². The second kappa shape index (κ2) is 16.7. The molecule has 0 saturated heterocycles. The number of nitrogens with one attached hydrogen (secondary N) is 1. The molecule has 1 aliphatic rings. The Hall–Kier alpha value is -1.75. The number of allylic oxidation sites excluding steroid dienone is 3. The van der Waals surface area contributed by atoms with Crippen molar-refractivity contribution in [2.75, 3.05) is 7.05 Å². The quantitative estimate of drug-likeness (QED) is 0.434. The molecule has 0 spiro atoms. The number of aliphatic hydroxyl groups is 1. The summed E-state index contributed by atoms with van der Waals surface area (Å²) < 4.78 is 0. The number of hydrogen-bond acceptors (Lipinski definition) is 4. The average molecular weight is 369 g/mol. The molecule has 0 bridgehead atoms. The van der Waals surface area contributed by atoms with E-state index in [4.69, 9.17) is 10.8 Å². The van der Waals surface area contributed by atoms with E-state index in [1.807, 2.05) is 13.8 Å². The summed E-state index contributed by atoms with van der Waals surface area (Å²) in [4.78, 5) is 10.6. The molecular weight excluding hydrogens is 328 g/mol. The van der Waals surface area contributed by atoms with Crippen molar-refractivity contribution in [3.63, 3.8) is 0 Å². The van der Waals surface area contributed by atoms with Crippen molar-refractivity contribution < 1.29 is 15.0 Å². The van der Waals surface area contributed by atoms with E-state index in [1.54, 1.807) is 13.1 Å². The van der Waals surface area contributed by atoms with E-state index >= 15 is 0 Å². The Morgan fingerprint density at radius 3 is 2.23 bits per heavy atom. The van der Waals surface area contributed by atoms with Gasteiger partial charge in [0, 0.05) is 13.5 Å². The SMILES string of the molecule is C=CC(CCC)CCC.CC.CNC1=C(O)CCC(CC(N)C(=O)O)=C1. The zero-order valence-electron chi connectivity index (χ0n) is 17.3. The molecule has 5 N–H and O–H groups in total. The van der Waals surface area contributed by atoms with Crippen molar-refractivity contribution in [3.05, 3.63) is 35.8 Å². The molecule has 1 rings (SSSR count). The van der Waals surface area contributed by atoms with E-state index in [0.29, 0.717) is 30.7 Å². The molecule has 0 fully saturated rings. The minimum atomic E-state index is -0.999. The summed E-state index contributed by atoms with van der Waals surface area (Å²) in [6, 6.07) is -0.866. The third-order valence-corrected chi connectivity index (χ3v) is 4.06. The van der Waals surface area contributed by atoms with E-state index in [0.717, 1.165) is 11.5 Å². The molecule has 0 aromatic carbocycles. The fourth-order valence-electron chi connectivity index (χ4n) is 2.64. The normalized spacial score (nSPS) is 14.3. The Morgan fingerprint density at radius 1 is 1.31 bits per heavy atom. The van der Waals surface area contributed by atoms with Gasteiger partial charge in [-0.3, -0.25) is 4.79 Å². The molecule has 0 aromatic heterocycles. The lowest BCUT2D eigenvalue weighted by molar-refractivity contribution is -0.138. The van der Waals surface area contributed by atoms with Crippen LogP contribution in [0.4, 0.5) is 0 Å². The molecule has 0 radical (unpaired) electrons. The highest BCUT2D eigenvalue weighted by atomic mass is 16.4. The lowest BCUT2D eigenvalue weighted by atomic mass is 9.96. The summed E-state index contributed by atoms with van der Waals surface area (Å²) in [7, 11) is 1.71. The van der Waals surface area contributed by atoms with E-state index in [-0.39, 0.29) is 0 Å². The maximum absolute atomic E-state index is 10.6. The van der Waals surface area contributed by atoms with Gasteiger partial charge in [-0.1, -0.05) is 52.2 Å². The second-order valence-electron chi connectivity index (χ2n) is 6.13. The highest BCUT2D eigenvalue weighted by Crippen LogP contribution is 2.23. The smallest absolute Gasteiger partial charge is 0.320 e. The third-order valence-electron chi connectivity index (χ3n) is 4.06. The number of carboxylic acid groups (broad SMARTS) is 1. The zero-order valence-corrected chi connectivity index (χ0v) is 17.3. The van der Waals surface area contributed by atoms with Crippen LogP contribution >= 0.6 is 0 Å². The van der Waals surface area contributed by atoms with Gasteiger partial charge >= 0.3 is 5.97 Å². The highest BCUT2D eigenvalue weighted by molar-refractivity contribution is 5.73. The molecular formula is C21H40N2O3. The summed E-state index contributed by atoms with van der Waals surface area (Å²) in [6.07, 6.45) is 10.6. The Balaban J connectivity index is 0. The Kier molecular flexibility index (Phi) is 17.0. The van der Waals surface area contributed by atoms with Crippen molar-refractivity contribution in [1.29, 1.82) is 0 Å². The molecule has 0 amide bonds. The molecule has 0 aromatic rings. The van der Waals surface area contributed by atoms with E-state index in [1.165, 1.54) is 25.7 Å². The van der Waals surface area contributed by atoms with Crippen LogP contribution in [0.15, 0.2) is 35.8 Å². The number of hydrogen-bond donors (Lipinski definition) is 4. The number of aliphatic hydroxyl groups excluding tert-OH is 1. The van der Waals surface area contributed by atoms with Gasteiger partial charge in [-0.15, -0.1) is 6.58 Å².